The van der Waals surface area contributed by atoms with Crippen molar-refractivity contribution in [3.8, 4) is 0 Å². The van der Waals surface area contributed by atoms with Gasteiger partial charge in [0.25, 0.3) is 11.8 Å². The van der Waals surface area contributed by atoms with Crippen molar-refractivity contribution in [3.63, 3.8) is 0 Å². The molecule has 2 aromatic carbocycles. The standard InChI is InChI=1S/C22H26N4O2/c1-14(23-17-8-6-7-15(11-17)13-25(2)3)20-18-12-16(22(28)26(4)5)9-10-19(18)24-21(20)27/h6-12,23H,13H2,1-5H3,(H,24,27)/b20-14-. The lowest BCUT2D eigenvalue weighted by molar-refractivity contribution is -0.110. The zero-order valence-corrected chi connectivity index (χ0v) is 17.0. The number of carbonyl (C=O) groups is 2. The SMILES string of the molecule is C/C(Nc1cccc(CN(C)C)c1)=C1/C(=O)Nc2ccc(C(=O)N(C)C)cc21. The van der Waals surface area contributed by atoms with Gasteiger partial charge >= 0.3 is 0 Å². The van der Waals surface area contributed by atoms with Crippen molar-refractivity contribution in [1.29, 1.82) is 0 Å². The monoisotopic (exact) mass is 378 g/mol. The molecule has 0 saturated carbocycles. The van der Waals surface area contributed by atoms with E-state index in [2.05, 4.69) is 27.7 Å². The van der Waals surface area contributed by atoms with E-state index >= 15 is 0 Å². The van der Waals surface area contributed by atoms with Crippen LogP contribution in [-0.4, -0.2) is 49.8 Å². The highest BCUT2D eigenvalue weighted by Crippen LogP contribution is 2.35. The van der Waals surface area contributed by atoms with Crippen LogP contribution in [-0.2, 0) is 11.3 Å². The number of nitrogens with one attached hydrogen (secondary N) is 2. The summed E-state index contributed by atoms with van der Waals surface area (Å²) in [6, 6.07) is 13.4. The van der Waals surface area contributed by atoms with Gasteiger partial charge in [-0.2, -0.15) is 0 Å². The first-order valence-electron chi connectivity index (χ1n) is 9.15. The van der Waals surface area contributed by atoms with E-state index in [1.54, 1.807) is 32.3 Å². The first kappa shape index (κ1) is 19.6. The predicted molar refractivity (Wildman–Crippen MR) is 113 cm³/mol. The lowest BCUT2D eigenvalue weighted by atomic mass is 10.0. The molecule has 0 unspecified atom stereocenters. The molecule has 3 rings (SSSR count). The van der Waals surface area contributed by atoms with Crippen LogP contribution < -0.4 is 10.6 Å². The third-order valence-corrected chi connectivity index (χ3v) is 4.55. The average molecular weight is 378 g/mol. The Kier molecular flexibility index (Phi) is 5.51. The molecule has 1 aliphatic heterocycles. The fourth-order valence-corrected chi connectivity index (χ4v) is 3.32. The molecule has 1 aliphatic rings. The summed E-state index contributed by atoms with van der Waals surface area (Å²) in [6.07, 6.45) is 0. The Balaban J connectivity index is 1.95. The van der Waals surface area contributed by atoms with Gasteiger partial charge in [0, 0.05) is 48.8 Å². The van der Waals surface area contributed by atoms with Crippen LogP contribution in [0.5, 0.6) is 0 Å². The molecule has 146 valence electrons. The summed E-state index contributed by atoms with van der Waals surface area (Å²) in [5.41, 5.74) is 5.42. The molecule has 0 radical (unpaired) electrons. The van der Waals surface area contributed by atoms with Gasteiger partial charge in [0.1, 0.15) is 0 Å². The summed E-state index contributed by atoms with van der Waals surface area (Å²) in [5.74, 6) is -0.262. The van der Waals surface area contributed by atoms with Crippen molar-refractivity contribution in [2.45, 2.75) is 13.5 Å². The summed E-state index contributed by atoms with van der Waals surface area (Å²) in [6.45, 7) is 2.72. The van der Waals surface area contributed by atoms with Crippen LogP contribution in [0.3, 0.4) is 0 Å². The number of hydrogen-bond acceptors (Lipinski definition) is 4. The van der Waals surface area contributed by atoms with Crippen molar-refractivity contribution < 1.29 is 9.59 Å². The maximum atomic E-state index is 12.6. The van der Waals surface area contributed by atoms with Crippen LogP contribution >= 0.6 is 0 Å². The minimum absolute atomic E-state index is 0.0940. The minimum atomic E-state index is -0.168. The third-order valence-electron chi connectivity index (χ3n) is 4.55. The minimum Gasteiger partial charge on any atom is -0.358 e. The summed E-state index contributed by atoms with van der Waals surface area (Å²) in [7, 11) is 7.48. The molecule has 6 nitrogen and oxygen atoms in total. The molecular formula is C22H26N4O2. The summed E-state index contributed by atoms with van der Waals surface area (Å²) >= 11 is 0. The van der Waals surface area contributed by atoms with Gasteiger partial charge in [-0.1, -0.05) is 12.1 Å². The Labute approximate surface area is 165 Å². The molecule has 2 aromatic rings. The molecule has 1 heterocycles. The number of rotatable bonds is 5. The summed E-state index contributed by atoms with van der Waals surface area (Å²) < 4.78 is 0. The van der Waals surface area contributed by atoms with Gasteiger partial charge in [0.15, 0.2) is 0 Å². The molecule has 2 amide bonds. The van der Waals surface area contributed by atoms with Crippen LogP contribution in [0.4, 0.5) is 11.4 Å². The van der Waals surface area contributed by atoms with Crippen molar-refractivity contribution in [3.05, 3.63) is 64.9 Å². The largest absolute Gasteiger partial charge is 0.358 e. The Morgan fingerprint density at radius 1 is 1.07 bits per heavy atom. The molecule has 0 atom stereocenters. The predicted octanol–water partition coefficient (Wildman–Crippen LogP) is 3.25. The van der Waals surface area contributed by atoms with E-state index in [4.69, 9.17) is 0 Å². The van der Waals surface area contributed by atoms with Crippen molar-refractivity contribution in [2.75, 3.05) is 38.8 Å². The second kappa shape index (κ2) is 7.86. The number of amides is 2. The van der Waals surface area contributed by atoms with Gasteiger partial charge < -0.3 is 20.4 Å². The number of fused-ring (bicyclic) bond motifs is 1. The maximum Gasteiger partial charge on any atom is 0.258 e. The molecule has 0 aromatic heterocycles. The van der Waals surface area contributed by atoms with Crippen LogP contribution in [0.15, 0.2) is 48.2 Å². The smallest absolute Gasteiger partial charge is 0.258 e. The molecule has 0 aliphatic carbocycles. The van der Waals surface area contributed by atoms with Gasteiger partial charge in [-0.3, -0.25) is 9.59 Å². The second-order valence-electron chi connectivity index (χ2n) is 7.48. The molecule has 6 heteroatoms. The normalized spacial score (nSPS) is 14.6. The van der Waals surface area contributed by atoms with Gasteiger partial charge in [0.2, 0.25) is 0 Å². The van der Waals surface area contributed by atoms with E-state index in [0.29, 0.717) is 11.1 Å². The number of anilines is 2. The highest BCUT2D eigenvalue weighted by atomic mass is 16.2. The zero-order valence-electron chi connectivity index (χ0n) is 17.0. The number of hydrogen-bond donors (Lipinski definition) is 2. The van der Waals surface area contributed by atoms with Gasteiger partial charge in [-0.15, -0.1) is 0 Å². The second-order valence-corrected chi connectivity index (χ2v) is 7.48. The maximum absolute atomic E-state index is 12.6. The average Bonchev–Trinajstić information content (AvgIpc) is 2.95. The molecule has 0 fully saturated rings. The lowest BCUT2D eigenvalue weighted by Crippen LogP contribution is -2.21. The molecule has 0 saturated heterocycles. The van der Waals surface area contributed by atoms with Crippen molar-refractivity contribution >= 4 is 28.8 Å². The van der Waals surface area contributed by atoms with E-state index in [9.17, 15) is 9.59 Å². The zero-order chi connectivity index (χ0) is 20.4. The highest BCUT2D eigenvalue weighted by Gasteiger charge is 2.27. The van der Waals surface area contributed by atoms with Gasteiger partial charge in [0.05, 0.1) is 5.57 Å². The molecule has 2 N–H and O–H groups in total. The van der Waals surface area contributed by atoms with Crippen molar-refractivity contribution in [2.24, 2.45) is 0 Å². The molecule has 28 heavy (non-hydrogen) atoms. The summed E-state index contributed by atoms with van der Waals surface area (Å²) in [4.78, 5) is 28.5. The number of allylic oxidation sites excluding steroid dienone is 1. The Bertz CT molecular complexity index is 961. The van der Waals surface area contributed by atoms with E-state index in [-0.39, 0.29) is 11.8 Å². The first-order valence-corrected chi connectivity index (χ1v) is 9.15. The van der Waals surface area contributed by atoms with Crippen LogP contribution in [0.1, 0.15) is 28.4 Å². The van der Waals surface area contributed by atoms with Crippen molar-refractivity contribution in [1.82, 2.24) is 9.80 Å². The Morgan fingerprint density at radius 2 is 1.82 bits per heavy atom. The van der Waals surface area contributed by atoms with Gasteiger partial charge in [-0.25, -0.2) is 0 Å². The topological polar surface area (TPSA) is 64.7 Å². The summed E-state index contributed by atoms with van der Waals surface area (Å²) in [5, 5.41) is 6.22. The highest BCUT2D eigenvalue weighted by molar-refractivity contribution is 6.32. The number of benzene rings is 2. The van der Waals surface area contributed by atoms with Crippen LogP contribution in [0.2, 0.25) is 0 Å². The molecule has 0 bridgehead atoms. The van der Waals surface area contributed by atoms with Crippen LogP contribution in [0, 0.1) is 0 Å². The van der Waals surface area contributed by atoms with E-state index in [1.165, 1.54) is 10.5 Å². The van der Waals surface area contributed by atoms with Gasteiger partial charge in [-0.05, 0) is 56.9 Å². The van der Waals surface area contributed by atoms with E-state index in [0.717, 1.165) is 29.2 Å². The first-order chi connectivity index (χ1) is 13.3. The lowest BCUT2D eigenvalue weighted by Gasteiger charge is -2.14. The third kappa shape index (κ3) is 4.07. The molecule has 0 spiro atoms. The van der Waals surface area contributed by atoms with E-state index in [1.807, 2.05) is 33.2 Å². The number of nitrogens with zero attached hydrogens (tertiary/aromatic N) is 2. The Morgan fingerprint density at radius 3 is 2.50 bits per heavy atom. The van der Waals surface area contributed by atoms with E-state index < -0.39 is 0 Å². The fraction of sp³-hybridized carbons (Fsp3) is 0.273. The fourth-order valence-electron chi connectivity index (χ4n) is 3.32. The van der Waals surface area contributed by atoms with Crippen LogP contribution in [0.25, 0.3) is 5.57 Å². The molecular weight excluding hydrogens is 352 g/mol. The Hall–Kier alpha value is -3.12. The number of carbonyl (C=O) groups excluding carboxylic acids is 2. The quantitative estimate of drug-likeness (QED) is 0.784.